The summed E-state index contributed by atoms with van der Waals surface area (Å²) in [6, 6.07) is 1.81. The third-order valence-electron chi connectivity index (χ3n) is 3.80. The number of nitrogens with zero attached hydrogens (tertiary/aromatic N) is 2. The smallest absolute Gasteiger partial charge is 0.252 e. The van der Waals surface area contributed by atoms with Crippen LogP contribution < -0.4 is 5.32 Å². The van der Waals surface area contributed by atoms with Gasteiger partial charge in [0.25, 0.3) is 10.0 Å². The van der Waals surface area contributed by atoms with E-state index in [1.54, 1.807) is 4.31 Å². The van der Waals surface area contributed by atoms with Crippen LogP contribution in [0, 0.1) is 6.92 Å². The Labute approximate surface area is 132 Å². The Morgan fingerprint density at radius 2 is 1.95 bits per heavy atom. The van der Waals surface area contributed by atoms with E-state index in [-0.39, 0.29) is 0 Å². The first kappa shape index (κ1) is 16.9. The number of thiophene rings is 1. The molecule has 0 aliphatic carbocycles. The molecule has 7 heteroatoms. The first-order chi connectivity index (χ1) is 9.98. The average molecular weight is 332 g/mol. The molecule has 2 rings (SSSR count). The Hall–Kier alpha value is -0.470. The van der Waals surface area contributed by atoms with E-state index < -0.39 is 10.0 Å². The van der Waals surface area contributed by atoms with Gasteiger partial charge < -0.3 is 10.2 Å². The Kier molecular flexibility index (Phi) is 5.79. The number of sulfonamides is 1. The van der Waals surface area contributed by atoms with Gasteiger partial charge in [0.05, 0.1) is 0 Å². The van der Waals surface area contributed by atoms with Crippen LogP contribution in [0.1, 0.15) is 23.8 Å². The lowest BCUT2D eigenvalue weighted by molar-refractivity contribution is 0.189. The molecule has 120 valence electrons. The summed E-state index contributed by atoms with van der Waals surface area (Å²) in [7, 11) is -1.45. The van der Waals surface area contributed by atoms with Gasteiger partial charge in [-0.15, -0.1) is 11.3 Å². The quantitative estimate of drug-likeness (QED) is 0.858. The standard InChI is InChI=1S/C14H25N3O2S2/c1-4-5-16-6-8-17(9-7-16)21(18,19)14-10-12(2)13(20-14)11-15-3/h10,15H,4-9,11H2,1-3H3. The molecule has 1 aromatic heterocycles. The monoisotopic (exact) mass is 331 g/mol. The van der Waals surface area contributed by atoms with E-state index in [9.17, 15) is 8.42 Å². The third-order valence-corrected chi connectivity index (χ3v) is 7.39. The topological polar surface area (TPSA) is 52.7 Å². The maximum atomic E-state index is 12.7. The average Bonchev–Trinajstić information content (AvgIpc) is 2.82. The van der Waals surface area contributed by atoms with Gasteiger partial charge in [0.15, 0.2) is 0 Å². The maximum absolute atomic E-state index is 12.7. The summed E-state index contributed by atoms with van der Waals surface area (Å²) < 4.78 is 27.6. The van der Waals surface area contributed by atoms with Gasteiger partial charge in [-0.25, -0.2) is 8.42 Å². The van der Waals surface area contributed by atoms with Gasteiger partial charge in [-0.3, -0.25) is 0 Å². The van der Waals surface area contributed by atoms with Crippen LogP contribution in [0.2, 0.25) is 0 Å². The van der Waals surface area contributed by atoms with E-state index in [0.29, 0.717) is 17.3 Å². The molecule has 0 bridgehead atoms. The number of nitrogens with one attached hydrogen (secondary N) is 1. The minimum Gasteiger partial charge on any atom is -0.315 e. The van der Waals surface area contributed by atoms with E-state index in [4.69, 9.17) is 0 Å². The Morgan fingerprint density at radius 3 is 2.52 bits per heavy atom. The SMILES string of the molecule is CCCN1CCN(S(=O)(=O)c2cc(C)c(CNC)s2)CC1. The Morgan fingerprint density at radius 1 is 1.29 bits per heavy atom. The van der Waals surface area contributed by atoms with Crippen LogP contribution >= 0.6 is 11.3 Å². The molecule has 1 aromatic rings. The van der Waals surface area contributed by atoms with Gasteiger partial charge in [-0.05, 0) is 38.6 Å². The summed E-state index contributed by atoms with van der Waals surface area (Å²) in [5.74, 6) is 0. The normalized spacial score (nSPS) is 18.2. The van der Waals surface area contributed by atoms with Crippen molar-refractivity contribution in [3.8, 4) is 0 Å². The highest BCUT2D eigenvalue weighted by Gasteiger charge is 2.29. The molecule has 5 nitrogen and oxygen atoms in total. The molecule has 0 radical (unpaired) electrons. The minimum absolute atomic E-state index is 0.481. The molecule has 0 unspecified atom stereocenters. The zero-order chi connectivity index (χ0) is 15.5. The van der Waals surface area contributed by atoms with Crippen molar-refractivity contribution in [2.24, 2.45) is 0 Å². The molecule has 0 amide bonds. The molecule has 0 atom stereocenters. The molecule has 1 fully saturated rings. The lowest BCUT2D eigenvalue weighted by atomic mass is 10.3. The highest BCUT2D eigenvalue weighted by Crippen LogP contribution is 2.29. The van der Waals surface area contributed by atoms with Crippen LogP contribution in [0.25, 0.3) is 0 Å². The predicted molar refractivity (Wildman–Crippen MR) is 87.3 cm³/mol. The van der Waals surface area contributed by atoms with Gasteiger partial charge in [-0.2, -0.15) is 4.31 Å². The van der Waals surface area contributed by atoms with Crippen LogP contribution in [-0.2, 0) is 16.6 Å². The van der Waals surface area contributed by atoms with E-state index in [0.717, 1.165) is 43.0 Å². The number of hydrogen-bond acceptors (Lipinski definition) is 5. The van der Waals surface area contributed by atoms with Crippen LogP contribution in [0.15, 0.2) is 10.3 Å². The second kappa shape index (κ2) is 7.19. The zero-order valence-electron chi connectivity index (χ0n) is 13.1. The summed E-state index contributed by atoms with van der Waals surface area (Å²) in [5, 5.41) is 3.08. The van der Waals surface area contributed by atoms with E-state index in [2.05, 4.69) is 17.1 Å². The molecule has 0 aromatic carbocycles. The van der Waals surface area contributed by atoms with Crippen molar-refractivity contribution >= 4 is 21.4 Å². The van der Waals surface area contributed by atoms with Crippen molar-refractivity contribution in [1.82, 2.24) is 14.5 Å². The number of rotatable bonds is 6. The summed E-state index contributed by atoms with van der Waals surface area (Å²) in [6.45, 7) is 8.76. The van der Waals surface area contributed by atoms with Crippen molar-refractivity contribution < 1.29 is 8.42 Å². The molecular formula is C14H25N3O2S2. The summed E-state index contributed by atoms with van der Waals surface area (Å²) >= 11 is 1.39. The van der Waals surface area contributed by atoms with E-state index in [1.165, 1.54) is 11.3 Å². The number of piperazine rings is 1. The van der Waals surface area contributed by atoms with Gasteiger partial charge in [-0.1, -0.05) is 6.92 Å². The predicted octanol–water partition coefficient (Wildman–Crippen LogP) is 1.49. The minimum atomic E-state index is -3.32. The molecule has 1 saturated heterocycles. The first-order valence-electron chi connectivity index (χ1n) is 7.45. The molecule has 1 aliphatic heterocycles. The van der Waals surface area contributed by atoms with Crippen LogP contribution in [0.5, 0.6) is 0 Å². The summed E-state index contributed by atoms with van der Waals surface area (Å²) in [5.41, 5.74) is 1.05. The lowest BCUT2D eigenvalue weighted by Gasteiger charge is -2.33. The van der Waals surface area contributed by atoms with Gasteiger partial charge in [0.2, 0.25) is 0 Å². The third kappa shape index (κ3) is 3.84. The Bertz CT molecular complexity index is 561. The molecule has 1 N–H and O–H groups in total. The van der Waals surface area contributed by atoms with Crippen LogP contribution in [0.3, 0.4) is 0 Å². The molecule has 2 heterocycles. The van der Waals surface area contributed by atoms with Crippen molar-refractivity contribution in [3.05, 3.63) is 16.5 Å². The van der Waals surface area contributed by atoms with Crippen molar-refractivity contribution in [2.45, 2.75) is 31.0 Å². The highest BCUT2D eigenvalue weighted by atomic mass is 32.2. The van der Waals surface area contributed by atoms with Crippen molar-refractivity contribution in [3.63, 3.8) is 0 Å². The largest absolute Gasteiger partial charge is 0.315 e. The Balaban J connectivity index is 2.10. The van der Waals surface area contributed by atoms with E-state index in [1.807, 2.05) is 20.0 Å². The lowest BCUT2D eigenvalue weighted by Crippen LogP contribution is -2.48. The van der Waals surface area contributed by atoms with E-state index >= 15 is 0 Å². The molecule has 21 heavy (non-hydrogen) atoms. The number of aryl methyl sites for hydroxylation is 1. The molecular weight excluding hydrogens is 306 g/mol. The fourth-order valence-corrected chi connectivity index (χ4v) is 5.77. The molecule has 1 aliphatic rings. The zero-order valence-corrected chi connectivity index (χ0v) is 14.7. The van der Waals surface area contributed by atoms with Gasteiger partial charge >= 0.3 is 0 Å². The fraction of sp³-hybridized carbons (Fsp3) is 0.714. The van der Waals surface area contributed by atoms with Gasteiger partial charge in [0, 0.05) is 37.6 Å². The second-order valence-electron chi connectivity index (χ2n) is 5.45. The van der Waals surface area contributed by atoms with Crippen LogP contribution in [0.4, 0.5) is 0 Å². The second-order valence-corrected chi connectivity index (χ2v) is 8.75. The van der Waals surface area contributed by atoms with Gasteiger partial charge in [0.1, 0.15) is 4.21 Å². The molecule has 0 spiro atoms. The summed E-state index contributed by atoms with van der Waals surface area (Å²) in [6.07, 6.45) is 1.12. The van der Waals surface area contributed by atoms with Crippen molar-refractivity contribution in [1.29, 1.82) is 0 Å². The van der Waals surface area contributed by atoms with Crippen molar-refractivity contribution in [2.75, 3.05) is 39.8 Å². The maximum Gasteiger partial charge on any atom is 0.252 e. The number of hydrogen-bond donors (Lipinski definition) is 1. The van der Waals surface area contributed by atoms with Crippen LogP contribution in [-0.4, -0.2) is 57.4 Å². The summed E-state index contributed by atoms with van der Waals surface area (Å²) in [4.78, 5) is 3.43. The fourth-order valence-electron chi connectivity index (χ4n) is 2.59. The molecule has 0 saturated carbocycles. The first-order valence-corrected chi connectivity index (χ1v) is 9.71. The highest BCUT2D eigenvalue weighted by molar-refractivity contribution is 7.91.